The summed E-state index contributed by atoms with van der Waals surface area (Å²) in [6.07, 6.45) is -0.0518. The fraction of sp³-hybridized carbons (Fsp3) is 0.400. The molecule has 0 spiro atoms. The van der Waals surface area contributed by atoms with Gasteiger partial charge >= 0.3 is 0 Å². The summed E-state index contributed by atoms with van der Waals surface area (Å²) >= 11 is 0. The molecule has 0 N–H and O–H groups in total. The maximum atomic E-state index is 13.9. The first kappa shape index (κ1) is 15.9. The maximum Gasteiger partial charge on any atom is 0.249 e. The molecule has 22 heavy (non-hydrogen) atoms. The molecule has 0 radical (unpaired) electrons. The second-order valence-corrected chi connectivity index (χ2v) is 4.99. The fourth-order valence-corrected chi connectivity index (χ4v) is 1.95. The van der Waals surface area contributed by atoms with Crippen LogP contribution in [-0.2, 0) is 11.2 Å². The topological polar surface area (TPSA) is 68.5 Å². The number of amides is 1. The van der Waals surface area contributed by atoms with Gasteiger partial charge in [-0.1, -0.05) is 11.2 Å². The second kappa shape index (κ2) is 6.55. The summed E-state index contributed by atoms with van der Waals surface area (Å²) in [6.45, 7) is 3.48. The van der Waals surface area contributed by atoms with Crippen molar-refractivity contribution in [2.24, 2.45) is 0 Å². The molecule has 1 amide bonds. The molecular formula is C15H18FN3O3. The lowest BCUT2D eigenvalue weighted by Gasteiger charge is -2.22. The van der Waals surface area contributed by atoms with Crippen molar-refractivity contribution >= 4 is 5.91 Å². The van der Waals surface area contributed by atoms with Crippen molar-refractivity contribution in [3.63, 3.8) is 0 Å². The Morgan fingerprint density at radius 2 is 2.23 bits per heavy atom. The minimum Gasteiger partial charge on any atom is -0.497 e. The van der Waals surface area contributed by atoms with E-state index in [4.69, 9.17) is 9.26 Å². The molecule has 7 heteroatoms. The van der Waals surface area contributed by atoms with E-state index in [9.17, 15) is 9.18 Å². The molecule has 1 atom stereocenters. The molecule has 1 aromatic carbocycles. The Morgan fingerprint density at radius 1 is 1.50 bits per heavy atom. The summed E-state index contributed by atoms with van der Waals surface area (Å²) in [5.74, 6) is 0.555. The number of ether oxygens (including phenoxy) is 1. The third kappa shape index (κ3) is 3.41. The average molecular weight is 307 g/mol. The molecular weight excluding hydrogens is 289 g/mol. The zero-order chi connectivity index (χ0) is 16.3. The summed E-state index contributed by atoms with van der Waals surface area (Å²) in [4.78, 5) is 17.8. The van der Waals surface area contributed by atoms with Crippen LogP contribution < -0.4 is 4.74 Å². The van der Waals surface area contributed by atoms with Crippen LogP contribution in [0.25, 0.3) is 0 Å². The molecule has 6 nitrogen and oxygen atoms in total. The highest BCUT2D eigenvalue weighted by Gasteiger charge is 2.23. The molecule has 2 rings (SSSR count). The summed E-state index contributed by atoms with van der Waals surface area (Å²) in [7, 11) is 3.08. The second-order valence-electron chi connectivity index (χ2n) is 4.99. The standard InChI is InChI=1S/C15H18FN3O3/c1-9(15-17-10(2)18-22-15)19(3)14(20)7-11-5-6-12(21-4)8-13(11)16/h5-6,8-9H,7H2,1-4H3. The molecule has 0 saturated heterocycles. The van der Waals surface area contributed by atoms with Crippen molar-refractivity contribution in [1.29, 1.82) is 0 Å². The first-order chi connectivity index (χ1) is 10.4. The zero-order valence-electron chi connectivity index (χ0n) is 13.0. The van der Waals surface area contributed by atoms with Crippen LogP contribution in [0.3, 0.4) is 0 Å². The lowest BCUT2D eigenvalue weighted by molar-refractivity contribution is -0.131. The number of carbonyl (C=O) groups is 1. The number of hydrogen-bond donors (Lipinski definition) is 0. The number of benzene rings is 1. The van der Waals surface area contributed by atoms with E-state index in [1.165, 1.54) is 18.1 Å². The van der Waals surface area contributed by atoms with Crippen LogP contribution in [0.1, 0.15) is 30.2 Å². The van der Waals surface area contributed by atoms with Crippen molar-refractivity contribution in [2.75, 3.05) is 14.2 Å². The number of aryl methyl sites for hydroxylation is 1. The van der Waals surface area contributed by atoms with Gasteiger partial charge in [0.25, 0.3) is 0 Å². The smallest absolute Gasteiger partial charge is 0.249 e. The van der Waals surface area contributed by atoms with Crippen LogP contribution >= 0.6 is 0 Å². The first-order valence-corrected chi connectivity index (χ1v) is 6.80. The van der Waals surface area contributed by atoms with Gasteiger partial charge in [0, 0.05) is 13.1 Å². The number of likely N-dealkylation sites (N-methyl/N-ethyl adjacent to an activating group) is 1. The normalized spacial score (nSPS) is 12.0. The van der Waals surface area contributed by atoms with E-state index in [-0.39, 0.29) is 18.4 Å². The number of nitrogens with zero attached hydrogens (tertiary/aromatic N) is 3. The molecule has 2 aromatic rings. The van der Waals surface area contributed by atoms with Crippen molar-refractivity contribution in [3.8, 4) is 5.75 Å². The third-order valence-corrected chi connectivity index (χ3v) is 3.48. The lowest BCUT2D eigenvalue weighted by atomic mass is 10.1. The maximum absolute atomic E-state index is 13.9. The minimum absolute atomic E-state index is 0.0518. The van der Waals surface area contributed by atoms with Gasteiger partial charge in [-0.25, -0.2) is 4.39 Å². The van der Waals surface area contributed by atoms with Gasteiger partial charge in [0.2, 0.25) is 11.8 Å². The molecule has 0 saturated carbocycles. The first-order valence-electron chi connectivity index (χ1n) is 6.80. The highest BCUT2D eigenvalue weighted by molar-refractivity contribution is 5.79. The largest absolute Gasteiger partial charge is 0.497 e. The molecule has 0 bridgehead atoms. The lowest BCUT2D eigenvalue weighted by Crippen LogP contribution is -2.31. The third-order valence-electron chi connectivity index (χ3n) is 3.48. The summed E-state index contributed by atoms with van der Waals surface area (Å²) < 4.78 is 23.9. The predicted molar refractivity (Wildman–Crippen MR) is 76.9 cm³/mol. The van der Waals surface area contributed by atoms with Gasteiger partial charge in [-0.15, -0.1) is 0 Å². The van der Waals surface area contributed by atoms with Gasteiger partial charge in [-0.3, -0.25) is 4.79 Å². The number of hydrogen-bond acceptors (Lipinski definition) is 5. The van der Waals surface area contributed by atoms with Gasteiger partial charge in [-0.2, -0.15) is 4.98 Å². The van der Waals surface area contributed by atoms with Gasteiger partial charge in [0.15, 0.2) is 5.82 Å². The minimum atomic E-state index is -0.470. The predicted octanol–water partition coefficient (Wildman–Crippen LogP) is 2.29. The molecule has 0 aliphatic carbocycles. The highest BCUT2D eigenvalue weighted by atomic mass is 19.1. The van der Waals surface area contributed by atoms with E-state index in [2.05, 4.69) is 10.1 Å². The van der Waals surface area contributed by atoms with Gasteiger partial charge < -0.3 is 14.2 Å². The number of halogens is 1. The van der Waals surface area contributed by atoms with E-state index in [1.807, 2.05) is 0 Å². The van der Waals surface area contributed by atoms with Crippen LogP contribution in [0.15, 0.2) is 22.7 Å². The number of carbonyl (C=O) groups excluding carboxylic acids is 1. The Balaban J connectivity index is 2.08. The van der Waals surface area contributed by atoms with Gasteiger partial charge in [0.05, 0.1) is 13.5 Å². The molecule has 0 fully saturated rings. The molecule has 1 aromatic heterocycles. The summed E-state index contributed by atoms with van der Waals surface area (Å²) in [5, 5.41) is 3.70. The van der Waals surface area contributed by atoms with Crippen LogP contribution in [0.2, 0.25) is 0 Å². The van der Waals surface area contributed by atoms with Crippen LogP contribution in [0, 0.1) is 12.7 Å². The molecule has 118 valence electrons. The fourth-order valence-electron chi connectivity index (χ4n) is 1.95. The Kier molecular flexibility index (Phi) is 4.75. The number of aromatic nitrogens is 2. The van der Waals surface area contributed by atoms with Crippen LogP contribution in [0.4, 0.5) is 4.39 Å². The van der Waals surface area contributed by atoms with E-state index < -0.39 is 5.82 Å². The van der Waals surface area contributed by atoms with Gasteiger partial charge in [0.1, 0.15) is 17.6 Å². The Morgan fingerprint density at radius 3 is 2.77 bits per heavy atom. The molecule has 1 unspecified atom stereocenters. The summed E-state index contributed by atoms with van der Waals surface area (Å²) in [6, 6.07) is 4.04. The zero-order valence-corrected chi connectivity index (χ0v) is 13.0. The van der Waals surface area contributed by atoms with Crippen molar-refractivity contribution < 1.29 is 18.4 Å². The van der Waals surface area contributed by atoms with Crippen LogP contribution in [-0.4, -0.2) is 35.1 Å². The van der Waals surface area contributed by atoms with E-state index in [0.29, 0.717) is 23.0 Å². The number of methoxy groups -OCH3 is 1. The molecule has 0 aliphatic rings. The van der Waals surface area contributed by atoms with E-state index in [0.717, 1.165) is 0 Å². The Labute approximate surface area is 127 Å². The van der Waals surface area contributed by atoms with E-state index in [1.54, 1.807) is 33.0 Å². The quantitative estimate of drug-likeness (QED) is 0.847. The Hall–Kier alpha value is -2.44. The average Bonchev–Trinajstić information content (AvgIpc) is 2.94. The Bertz CT molecular complexity index is 672. The molecule has 1 heterocycles. The SMILES string of the molecule is COc1ccc(CC(=O)N(C)C(C)c2nc(C)no2)c(F)c1. The summed E-state index contributed by atoms with van der Waals surface area (Å²) in [5.41, 5.74) is 0.312. The number of rotatable bonds is 5. The van der Waals surface area contributed by atoms with E-state index >= 15 is 0 Å². The van der Waals surface area contributed by atoms with Crippen molar-refractivity contribution in [1.82, 2.24) is 15.0 Å². The highest BCUT2D eigenvalue weighted by Crippen LogP contribution is 2.20. The molecule has 0 aliphatic heterocycles. The van der Waals surface area contributed by atoms with Crippen LogP contribution in [0.5, 0.6) is 5.75 Å². The van der Waals surface area contributed by atoms with Gasteiger partial charge in [-0.05, 0) is 25.5 Å². The monoisotopic (exact) mass is 307 g/mol. The van der Waals surface area contributed by atoms with Crippen molar-refractivity contribution in [3.05, 3.63) is 41.3 Å². The van der Waals surface area contributed by atoms with Crippen molar-refractivity contribution in [2.45, 2.75) is 26.3 Å².